The van der Waals surface area contributed by atoms with Gasteiger partial charge in [-0.05, 0) is 36.2 Å². The lowest BCUT2D eigenvalue weighted by atomic mass is 10.1. The van der Waals surface area contributed by atoms with Gasteiger partial charge in [0.2, 0.25) is 0 Å². The first-order valence-electron chi connectivity index (χ1n) is 6.84. The van der Waals surface area contributed by atoms with E-state index in [0.717, 1.165) is 24.4 Å². The summed E-state index contributed by atoms with van der Waals surface area (Å²) in [6.07, 6.45) is 2.63. The number of nitrogens with one attached hydrogen (secondary N) is 1. The summed E-state index contributed by atoms with van der Waals surface area (Å²) in [6, 6.07) is 13.7. The van der Waals surface area contributed by atoms with E-state index in [9.17, 15) is 0 Å². The van der Waals surface area contributed by atoms with Gasteiger partial charge in [0.1, 0.15) is 5.75 Å². The fraction of sp³-hybridized carbons (Fsp3) is 0.250. The second kappa shape index (κ2) is 7.89. The second-order valence-corrected chi connectivity index (χ2v) is 4.55. The molecule has 2 aromatic rings. The topological polar surface area (TPSA) is 72.5 Å². The average Bonchev–Trinajstić information content (AvgIpc) is 2.54. The van der Waals surface area contributed by atoms with E-state index in [0.29, 0.717) is 12.5 Å². The first-order valence-corrected chi connectivity index (χ1v) is 6.84. The molecule has 1 aromatic carbocycles. The van der Waals surface area contributed by atoms with Gasteiger partial charge >= 0.3 is 0 Å². The van der Waals surface area contributed by atoms with Gasteiger partial charge in [-0.25, -0.2) is 4.99 Å². The first-order chi connectivity index (χ1) is 10.3. The number of aromatic nitrogens is 1. The van der Waals surface area contributed by atoms with Crippen molar-refractivity contribution < 1.29 is 4.74 Å². The van der Waals surface area contributed by atoms with E-state index in [4.69, 9.17) is 10.5 Å². The molecular weight excluding hydrogens is 264 g/mol. The number of hydrogen-bond donors (Lipinski definition) is 2. The first kappa shape index (κ1) is 14.8. The molecule has 110 valence electrons. The van der Waals surface area contributed by atoms with E-state index in [-0.39, 0.29) is 0 Å². The molecule has 0 radical (unpaired) electrons. The summed E-state index contributed by atoms with van der Waals surface area (Å²) in [7, 11) is 1.66. The van der Waals surface area contributed by atoms with Crippen LogP contribution in [0.25, 0.3) is 0 Å². The minimum atomic E-state index is 0.439. The van der Waals surface area contributed by atoms with Crippen LogP contribution in [0, 0.1) is 0 Å². The summed E-state index contributed by atoms with van der Waals surface area (Å²) in [5.41, 5.74) is 7.95. The highest BCUT2D eigenvalue weighted by atomic mass is 16.5. The van der Waals surface area contributed by atoms with E-state index in [1.165, 1.54) is 5.56 Å². The fourth-order valence-corrected chi connectivity index (χ4v) is 1.84. The Balaban J connectivity index is 1.74. The van der Waals surface area contributed by atoms with E-state index >= 15 is 0 Å². The molecule has 0 fully saturated rings. The molecule has 0 aliphatic rings. The van der Waals surface area contributed by atoms with Gasteiger partial charge in [0.25, 0.3) is 0 Å². The van der Waals surface area contributed by atoms with Crippen LogP contribution in [-0.2, 0) is 13.0 Å². The molecule has 5 heteroatoms. The van der Waals surface area contributed by atoms with Crippen LogP contribution in [0.4, 0.5) is 0 Å². The van der Waals surface area contributed by atoms with Crippen LogP contribution in [0.15, 0.2) is 53.7 Å². The van der Waals surface area contributed by atoms with Crippen LogP contribution in [0.1, 0.15) is 11.3 Å². The molecule has 1 aromatic heterocycles. The van der Waals surface area contributed by atoms with Crippen LogP contribution in [0.5, 0.6) is 5.75 Å². The highest BCUT2D eigenvalue weighted by molar-refractivity contribution is 5.77. The Morgan fingerprint density at radius 3 is 2.71 bits per heavy atom. The Hall–Kier alpha value is -2.56. The number of nitrogens with two attached hydrogens (primary N) is 1. The molecule has 0 saturated heterocycles. The number of rotatable bonds is 6. The fourth-order valence-electron chi connectivity index (χ4n) is 1.84. The number of aliphatic imine (C=N–C) groups is 1. The molecular formula is C16H20N4O. The largest absolute Gasteiger partial charge is 0.497 e. The van der Waals surface area contributed by atoms with Gasteiger partial charge < -0.3 is 15.8 Å². The highest BCUT2D eigenvalue weighted by Crippen LogP contribution is 2.11. The normalized spacial score (nSPS) is 11.2. The van der Waals surface area contributed by atoms with Gasteiger partial charge in [0, 0.05) is 12.7 Å². The van der Waals surface area contributed by atoms with Crippen molar-refractivity contribution in [3.8, 4) is 5.75 Å². The molecule has 1 heterocycles. The Morgan fingerprint density at radius 2 is 2.05 bits per heavy atom. The van der Waals surface area contributed by atoms with Crippen LogP contribution in [-0.4, -0.2) is 24.6 Å². The lowest BCUT2D eigenvalue weighted by Gasteiger charge is -2.06. The number of ether oxygens (including phenoxy) is 1. The van der Waals surface area contributed by atoms with E-state index < -0.39 is 0 Å². The van der Waals surface area contributed by atoms with Crippen molar-refractivity contribution in [1.29, 1.82) is 0 Å². The number of methoxy groups -OCH3 is 1. The average molecular weight is 284 g/mol. The smallest absolute Gasteiger partial charge is 0.188 e. The number of nitrogens with zero attached hydrogens (tertiary/aromatic N) is 2. The third kappa shape index (κ3) is 5.14. The molecule has 0 amide bonds. The van der Waals surface area contributed by atoms with Crippen molar-refractivity contribution in [3.05, 3.63) is 59.9 Å². The minimum Gasteiger partial charge on any atom is -0.497 e. The zero-order valence-electron chi connectivity index (χ0n) is 12.1. The van der Waals surface area contributed by atoms with Crippen molar-refractivity contribution in [2.75, 3.05) is 13.7 Å². The van der Waals surface area contributed by atoms with E-state index in [1.54, 1.807) is 13.3 Å². The maximum Gasteiger partial charge on any atom is 0.188 e. The van der Waals surface area contributed by atoms with Crippen molar-refractivity contribution in [2.24, 2.45) is 10.7 Å². The summed E-state index contributed by atoms with van der Waals surface area (Å²) in [4.78, 5) is 8.45. The zero-order valence-corrected chi connectivity index (χ0v) is 12.1. The van der Waals surface area contributed by atoms with Crippen molar-refractivity contribution in [2.45, 2.75) is 13.0 Å². The number of pyridine rings is 1. The molecule has 21 heavy (non-hydrogen) atoms. The molecule has 0 bridgehead atoms. The summed E-state index contributed by atoms with van der Waals surface area (Å²) < 4.78 is 5.13. The van der Waals surface area contributed by atoms with Gasteiger partial charge in [-0.2, -0.15) is 0 Å². The predicted octanol–water partition coefficient (Wildman–Crippen LogP) is 1.74. The third-order valence-electron chi connectivity index (χ3n) is 3.02. The quantitative estimate of drug-likeness (QED) is 0.626. The third-order valence-corrected chi connectivity index (χ3v) is 3.02. The molecule has 0 atom stereocenters. The maximum atomic E-state index is 5.82. The Bertz CT molecular complexity index is 567. The SMILES string of the molecule is COc1ccc(CCNC(N)=NCc2ccccn2)cc1. The molecule has 0 saturated carbocycles. The van der Waals surface area contributed by atoms with Gasteiger partial charge in [-0.1, -0.05) is 18.2 Å². The summed E-state index contributed by atoms with van der Waals surface area (Å²) in [5, 5.41) is 3.10. The van der Waals surface area contributed by atoms with Crippen molar-refractivity contribution in [3.63, 3.8) is 0 Å². The van der Waals surface area contributed by atoms with Crippen LogP contribution in [0.3, 0.4) is 0 Å². The van der Waals surface area contributed by atoms with Gasteiger partial charge in [-0.15, -0.1) is 0 Å². The lowest BCUT2D eigenvalue weighted by Crippen LogP contribution is -2.33. The molecule has 0 aliphatic carbocycles. The van der Waals surface area contributed by atoms with Crippen molar-refractivity contribution in [1.82, 2.24) is 10.3 Å². The number of hydrogen-bond acceptors (Lipinski definition) is 3. The minimum absolute atomic E-state index is 0.439. The Labute approximate surface area is 124 Å². The zero-order chi connectivity index (χ0) is 14.9. The second-order valence-electron chi connectivity index (χ2n) is 4.55. The summed E-state index contributed by atoms with van der Waals surface area (Å²) >= 11 is 0. The van der Waals surface area contributed by atoms with Gasteiger partial charge in [0.05, 0.1) is 19.3 Å². The molecule has 5 nitrogen and oxygen atoms in total. The number of guanidine groups is 1. The highest BCUT2D eigenvalue weighted by Gasteiger charge is 1.96. The van der Waals surface area contributed by atoms with Crippen LogP contribution < -0.4 is 15.8 Å². The van der Waals surface area contributed by atoms with Gasteiger partial charge in [0.15, 0.2) is 5.96 Å². The maximum absolute atomic E-state index is 5.82. The van der Waals surface area contributed by atoms with E-state index in [1.807, 2.05) is 42.5 Å². The predicted molar refractivity (Wildman–Crippen MR) is 84.3 cm³/mol. The number of benzene rings is 1. The molecule has 2 rings (SSSR count). The Morgan fingerprint density at radius 1 is 1.24 bits per heavy atom. The molecule has 0 aliphatic heterocycles. The summed E-state index contributed by atoms with van der Waals surface area (Å²) in [5.74, 6) is 1.30. The molecule has 3 N–H and O–H groups in total. The van der Waals surface area contributed by atoms with E-state index in [2.05, 4.69) is 15.3 Å². The monoisotopic (exact) mass is 284 g/mol. The lowest BCUT2D eigenvalue weighted by molar-refractivity contribution is 0.414. The van der Waals surface area contributed by atoms with Gasteiger partial charge in [-0.3, -0.25) is 4.98 Å². The van der Waals surface area contributed by atoms with Crippen LogP contribution >= 0.6 is 0 Å². The van der Waals surface area contributed by atoms with Crippen LogP contribution in [0.2, 0.25) is 0 Å². The molecule has 0 unspecified atom stereocenters. The van der Waals surface area contributed by atoms with Crippen molar-refractivity contribution >= 4 is 5.96 Å². The standard InChI is InChI=1S/C16H20N4O/c1-21-15-7-5-13(6-8-15)9-11-19-16(17)20-12-14-4-2-3-10-18-14/h2-8,10H,9,11-12H2,1H3,(H3,17,19,20). The molecule has 0 spiro atoms. The summed E-state index contributed by atoms with van der Waals surface area (Å²) in [6.45, 7) is 1.23. The Kier molecular flexibility index (Phi) is 5.58.